The second-order valence-electron chi connectivity index (χ2n) is 7.86. The summed E-state index contributed by atoms with van der Waals surface area (Å²) in [5, 5.41) is 5.84. The van der Waals surface area contributed by atoms with E-state index in [4.69, 9.17) is 4.74 Å². The normalized spacial score (nSPS) is 13.3. The quantitative estimate of drug-likeness (QED) is 0.500. The minimum absolute atomic E-state index is 0.168. The molecule has 0 saturated carbocycles. The fraction of sp³-hybridized carbons (Fsp3) is 0.148. The monoisotopic (exact) mass is 455 g/mol. The van der Waals surface area contributed by atoms with Crippen LogP contribution in [0.15, 0.2) is 84.6 Å². The summed E-state index contributed by atoms with van der Waals surface area (Å²) in [7, 11) is 1.61. The molecule has 0 saturated heterocycles. The van der Waals surface area contributed by atoms with Gasteiger partial charge < -0.3 is 15.4 Å². The van der Waals surface area contributed by atoms with Crippen LogP contribution in [-0.4, -0.2) is 36.3 Å². The third kappa shape index (κ3) is 4.99. The average Bonchev–Trinajstić information content (AvgIpc) is 3.08. The standard InChI is InChI=1S/C27H25N3O4/c1-18(31)28-21-10-12-22(13-11-21)29-25-24(20-6-4-3-5-7-20)26(32)30(27(25)33)17-16-19-8-14-23(34-2)15-9-19/h3-15,29H,16-17H2,1-2H3,(H,28,31). The molecule has 0 aromatic heterocycles. The van der Waals surface area contributed by atoms with E-state index < -0.39 is 0 Å². The Labute approximate surface area is 198 Å². The molecular formula is C27H25N3O4. The minimum Gasteiger partial charge on any atom is -0.497 e. The van der Waals surface area contributed by atoms with Crippen molar-refractivity contribution in [3.05, 3.63) is 95.7 Å². The van der Waals surface area contributed by atoms with E-state index in [-0.39, 0.29) is 30.0 Å². The van der Waals surface area contributed by atoms with Crippen molar-refractivity contribution in [3.63, 3.8) is 0 Å². The Morgan fingerprint density at radius 3 is 2.12 bits per heavy atom. The van der Waals surface area contributed by atoms with Crippen molar-refractivity contribution in [2.75, 3.05) is 24.3 Å². The van der Waals surface area contributed by atoms with Crippen molar-refractivity contribution >= 4 is 34.7 Å². The van der Waals surface area contributed by atoms with Gasteiger partial charge in [0.2, 0.25) is 5.91 Å². The van der Waals surface area contributed by atoms with Gasteiger partial charge in [0.25, 0.3) is 11.8 Å². The number of carbonyl (C=O) groups is 3. The van der Waals surface area contributed by atoms with Crippen LogP contribution >= 0.6 is 0 Å². The number of benzene rings is 3. The van der Waals surface area contributed by atoms with E-state index >= 15 is 0 Å². The smallest absolute Gasteiger partial charge is 0.278 e. The van der Waals surface area contributed by atoms with Crippen molar-refractivity contribution < 1.29 is 19.1 Å². The second kappa shape index (κ2) is 10.0. The molecule has 0 unspecified atom stereocenters. The topological polar surface area (TPSA) is 87.7 Å². The SMILES string of the molecule is COc1ccc(CCN2C(=O)C(Nc3ccc(NC(C)=O)cc3)=C(c3ccccc3)C2=O)cc1. The van der Waals surface area contributed by atoms with Crippen molar-refractivity contribution in [2.45, 2.75) is 13.3 Å². The lowest BCUT2D eigenvalue weighted by Crippen LogP contribution is -2.34. The van der Waals surface area contributed by atoms with Gasteiger partial charge in [-0.25, -0.2) is 0 Å². The molecule has 3 aromatic rings. The number of imide groups is 1. The highest BCUT2D eigenvalue weighted by atomic mass is 16.5. The van der Waals surface area contributed by atoms with E-state index in [0.717, 1.165) is 11.3 Å². The maximum Gasteiger partial charge on any atom is 0.278 e. The fourth-order valence-electron chi connectivity index (χ4n) is 3.79. The molecule has 34 heavy (non-hydrogen) atoms. The van der Waals surface area contributed by atoms with Gasteiger partial charge in [0.05, 0.1) is 12.7 Å². The number of hydrogen-bond donors (Lipinski definition) is 2. The average molecular weight is 456 g/mol. The van der Waals surface area contributed by atoms with Gasteiger partial charge >= 0.3 is 0 Å². The van der Waals surface area contributed by atoms with Crippen LogP contribution in [0, 0.1) is 0 Å². The Morgan fingerprint density at radius 1 is 0.853 bits per heavy atom. The Kier molecular flexibility index (Phi) is 6.73. The number of nitrogens with one attached hydrogen (secondary N) is 2. The third-order valence-electron chi connectivity index (χ3n) is 5.49. The first-order chi connectivity index (χ1) is 16.5. The van der Waals surface area contributed by atoms with Gasteiger partial charge in [-0.15, -0.1) is 0 Å². The lowest BCUT2D eigenvalue weighted by atomic mass is 10.0. The number of hydrogen-bond acceptors (Lipinski definition) is 5. The van der Waals surface area contributed by atoms with E-state index in [1.807, 2.05) is 54.6 Å². The first-order valence-electron chi connectivity index (χ1n) is 10.9. The van der Waals surface area contributed by atoms with Gasteiger partial charge in [-0.05, 0) is 53.9 Å². The summed E-state index contributed by atoms with van der Waals surface area (Å²) < 4.78 is 5.19. The van der Waals surface area contributed by atoms with E-state index in [9.17, 15) is 14.4 Å². The van der Waals surface area contributed by atoms with Gasteiger partial charge in [-0.1, -0.05) is 42.5 Å². The largest absolute Gasteiger partial charge is 0.497 e. The molecule has 1 heterocycles. The molecule has 3 aromatic carbocycles. The maximum atomic E-state index is 13.4. The number of nitrogens with zero attached hydrogens (tertiary/aromatic N) is 1. The molecule has 0 atom stereocenters. The maximum absolute atomic E-state index is 13.4. The molecule has 3 amide bonds. The Hall–Kier alpha value is -4.39. The van der Waals surface area contributed by atoms with E-state index in [1.54, 1.807) is 31.4 Å². The number of carbonyl (C=O) groups excluding carboxylic acids is 3. The Balaban J connectivity index is 1.58. The number of amides is 3. The van der Waals surface area contributed by atoms with Gasteiger partial charge in [-0.3, -0.25) is 19.3 Å². The number of ether oxygens (including phenoxy) is 1. The summed E-state index contributed by atoms with van der Waals surface area (Å²) in [5.41, 5.74) is 3.52. The molecule has 0 bridgehead atoms. The highest BCUT2D eigenvalue weighted by Crippen LogP contribution is 2.31. The molecule has 0 fully saturated rings. The van der Waals surface area contributed by atoms with Crippen LogP contribution in [0.4, 0.5) is 11.4 Å². The first kappa shape index (κ1) is 22.8. The van der Waals surface area contributed by atoms with Crippen LogP contribution in [0.1, 0.15) is 18.1 Å². The highest BCUT2D eigenvalue weighted by molar-refractivity contribution is 6.36. The van der Waals surface area contributed by atoms with Crippen LogP contribution in [0.2, 0.25) is 0 Å². The Morgan fingerprint density at radius 2 is 1.50 bits per heavy atom. The molecule has 1 aliphatic heterocycles. The number of rotatable bonds is 8. The predicted octanol–water partition coefficient (Wildman–Crippen LogP) is 4.09. The van der Waals surface area contributed by atoms with E-state index in [1.165, 1.54) is 11.8 Å². The number of anilines is 2. The van der Waals surface area contributed by atoms with E-state index in [0.29, 0.717) is 28.9 Å². The lowest BCUT2D eigenvalue weighted by molar-refractivity contribution is -0.136. The van der Waals surface area contributed by atoms with Crippen LogP contribution in [0.3, 0.4) is 0 Å². The van der Waals surface area contributed by atoms with Crippen LogP contribution in [0.5, 0.6) is 5.75 Å². The second-order valence-corrected chi connectivity index (χ2v) is 7.86. The molecule has 4 rings (SSSR count). The summed E-state index contributed by atoms with van der Waals surface area (Å²) in [6, 6.07) is 23.7. The predicted molar refractivity (Wildman–Crippen MR) is 131 cm³/mol. The van der Waals surface area contributed by atoms with Crippen LogP contribution in [-0.2, 0) is 20.8 Å². The van der Waals surface area contributed by atoms with Crippen molar-refractivity contribution in [1.82, 2.24) is 4.90 Å². The molecule has 2 N–H and O–H groups in total. The molecule has 1 aliphatic rings. The molecule has 7 heteroatoms. The fourth-order valence-corrected chi connectivity index (χ4v) is 3.79. The minimum atomic E-state index is -0.372. The summed E-state index contributed by atoms with van der Waals surface area (Å²) in [6.45, 7) is 1.69. The van der Waals surface area contributed by atoms with Crippen molar-refractivity contribution in [1.29, 1.82) is 0 Å². The van der Waals surface area contributed by atoms with Gasteiger partial charge in [0.15, 0.2) is 0 Å². The summed E-state index contributed by atoms with van der Waals surface area (Å²) >= 11 is 0. The zero-order valence-electron chi connectivity index (χ0n) is 19.0. The van der Waals surface area contributed by atoms with Crippen LogP contribution in [0.25, 0.3) is 5.57 Å². The summed E-state index contributed by atoms with van der Waals surface area (Å²) in [4.78, 5) is 39.2. The molecule has 7 nitrogen and oxygen atoms in total. The molecular weight excluding hydrogens is 430 g/mol. The highest BCUT2D eigenvalue weighted by Gasteiger charge is 2.38. The lowest BCUT2D eigenvalue weighted by Gasteiger charge is -2.15. The molecule has 0 aliphatic carbocycles. The van der Waals surface area contributed by atoms with Gasteiger partial charge in [0, 0.05) is 24.8 Å². The molecule has 172 valence electrons. The Bertz CT molecular complexity index is 1230. The first-order valence-corrected chi connectivity index (χ1v) is 10.9. The number of methoxy groups -OCH3 is 1. The third-order valence-corrected chi connectivity index (χ3v) is 5.49. The summed E-state index contributed by atoms with van der Waals surface area (Å²) in [6.07, 6.45) is 0.530. The summed E-state index contributed by atoms with van der Waals surface area (Å²) in [5.74, 6) is -0.120. The zero-order valence-corrected chi connectivity index (χ0v) is 19.0. The van der Waals surface area contributed by atoms with E-state index in [2.05, 4.69) is 10.6 Å². The van der Waals surface area contributed by atoms with Crippen LogP contribution < -0.4 is 15.4 Å². The molecule has 0 radical (unpaired) electrons. The van der Waals surface area contributed by atoms with Gasteiger partial charge in [0.1, 0.15) is 11.4 Å². The zero-order chi connectivity index (χ0) is 24.1. The van der Waals surface area contributed by atoms with Crippen molar-refractivity contribution in [3.8, 4) is 5.75 Å². The van der Waals surface area contributed by atoms with Crippen molar-refractivity contribution in [2.24, 2.45) is 0 Å². The van der Waals surface area contributed by atoms with Gasteiger partial charge in [-0.2, -0.15) is 0 Å². The molecule has 0 spiro atoms.